The number of carbonyl (C=O) groups is 1. The smallest absolute Gasteiger partial charge is 0.262 e. The molecule has 0 spiro atoms. The lowest BCUT2D eigenvalue weighted by molar-refractivity contribution is -0.118. The number of hydrogen-bond donors (Lipinski definition) is 2. The van der Waals surface area contributed by atoms with Crippen molar-refractivity contribution >= 4 is 21.6 Å². The van der Waals surface area contributed by atoms with E-state index < -0.39 is 10.0 Å². The lowest BCUT2D eigenvalue weighted by atomic mass is 10.2. The first-order chi connectivity index (χ1) is 13.4. The van der Waals surface area contributed by atoms with Crippen LogP contribution in [0.2, 0.25) is 0 Å². The SMILES string of the molecule is CCOc1ccccc1NC(=O)COc1ccc(S(=O)(=O)NC2CC2)cc1C. The quantitative estimate of drug-likeness (QED) is 0.670. The fraction of sp³-hybridized carbons (Fsp3) is 0.350. The molecule has 0 aliphatic heterocycles. The van der Waals surface area contributed by atoms with Crippen molar-refractivity contribution in [3.05, 3.63) is 48.0 Å². The molecule has 1 aliphatic carbocycles. The van der Waals surface area contributed by atoms with Crippen LogP contribution in [0.4, 0.5) is 5.69 Å². The Morgan fingerprint density at radius 3 is 2.54 bits per heavy atom. The minimum atomic E-state index is -3.52. The zero-order valence-electron chi connectivity index (χ0n) is 15.9. The van der Waals surface area contributed by atoms with Crippen LogP contribution in [0.15, 0.2) is 47.4 Å². The molecule has 150 valence electrons. The van der Waals surface area contributed by atoms with Gasteiger partial charge in [0.05, 0.1) is 17.2 Å². The summed E-state index contributed by atoms with van der Waals surface area (Å²) in [4.78, 5) is 12.4. The van der Waals surface area contributed by atoms with Crippen molar-refractivity contribution in [1.29, 1.82) is 0 Å². The van der Waals surface area contributed by atoms with Crippen LogP contribution in [-0.2, 0) is 14.8 Å². The Morgan fingerprint density at radius 1 is 1.11 bits per heavy atom. The van der Waals surface area contributed by atoms with Crippen molar-refractivity contribution in [3.63, 3.8) is 0 Å². The number of carbonyl (C=O) groups excluding carboxylic acids is 1. The minimum absolute atomic E-state index is 0.0458. The third-order valence-electron chi connectivity index (χ3n) is 4.18. The molecule has 0 aromatic heterocycles. The maximum Gasteiger partial charge on any atom is 0.262 e. The first-order valence-corrected chi connectivity index (χ1v) is 10.6. The number of amides is 1. The number of hydrogen-bond acceptors (Lipinski definition) is 5. The van der Waals surface area contributed by atoms with Gasteiger partial charge in [0.2, 0.25) is 10.0 Å². The normalized spacial score (nSPS) is 13.8. The first-order valence-electron chi connectivity index (χ1n) is 9.16. The minimum Gasteiger partial charge on any atom is -0.492 e. The van der Waals surface area contributed by atoms with Gasteiger partial charge < -0.3 is 14.8 Å². The van der Waals surface area contributed by atoms with E-state index in [4.69, 9.17) is 9.47 Å². The monoisotopic (exact) mass is 404 g/mol. The Kier molecular flexibility index (Phi) is 6.21. The van der Waals surface area contributed by atoms with Gasteiger partial charge in [0.15, 0.2) is 6.61 Å². The van der Waals surface area contributed by atoms with Gasteiger partial charge in [0.25, 0.3) is 5.91 Å². The van der Waals surface area contributed by atoms with Crippen LogP contribution in [0.3, 0.4) is 0 Å². The maximum absolute atomic E-state index is 12.3. The number of para-hydroxylation sites is 2. The second-order valence-corrected chi connectivity index (χ2v) is 8.30. The molecular formula is C20H24N2O5S. The molecule has 1 fully saturated rings. The van der Waals surface area contributed by atoms with E-state index in [9.17, 15) is 13.2 Å². The van der Waals surface area contributed by atoms with E-state index in [2.05, 4.69) is 10.0 Å². The fourth-order valence-electron chi connectivity index (χ4n) is 2.62. The molecule has 0 bridgehead atoms. The molecule has 1 aliphatic rings. The number of nitrogens with one attached hydrogen (secondary N) is 2. The number of rotatable bonds is 9. The summed E-state index contributed by atoms with van der Waals surface area (Å²) in [7, 11) is -3.52. The van der Waals surface area contributed by atoms with Crippen LogP contribution < -0.4 is 19.5 Å². The largest absolute Gasteiger partial charge is 0.492 e. The summed E-state index contributed by atoms with van der Waals surface area (Å²) in [6, 6.07) is 11.8. The molecule has 2 N–H and O–H groups in total. The van der Waals surface area contributed by atoms with Crippen molar-refractivity contribution in [2.75, 3.05) is 18.5 Å². The molecule has 2 aromatic rings. The maximum atomic E-state index is 12.3. The molecule has 1 amide bonds. The number of ether oxygens (including phenoxy) is 2. The Balaban J connectivity index is 1.60. The van der Waals surface area contributed by atoms with E-state index in [0.717, 1.165) is 12.8 Å². The van der Waals surface area contributed by atoms with Crippen LogP contribution in [0, 0.1) is 6.92 Å². The van der Waals surface area contributed by atoms with Crippen LogP contribution in [-0.4, -0.2) is 33.6 Å². The second-order valence-electron chi connectivity index (χ2n) is 6.59. The summed E-state index contributed by atoms with van der Waals surface area (Å²) >= 11 is 0. The highest BCUT2D eigenvalue weighted by Gasteiger charge is 2.28. The topological polar surface area (TPSA) is 93.7 Å². The molecule has 0 radical (unpaired) electrons. The standard InChI is InChI=1S/C20H24N2O5S/c1-3-26-19-7-5-4-6-17(19)21-20(23)13-27-18-11-10-16(12-14(18)2)28(24,25)22-15-8-9-15/h4-7,10-12,15,22H,3,8-9,13H2,1-2H3,(H,21,23). The molecule has 0 heterocycles. The summed E-state index contributed by atoms with van der Waals surface area (Å²) in [5.41, 5.74) is 1.21. The van der Waals surface area contributed by atoms with Gasteiger partial charge in [0, 0.05) is 6.04 Å². The van der Waals surface area contributed by atoms with E-state index in [0.29, 0.717) is 29.4 Å². The molecule has 2 aromatic carbocycles. The molecular weight excluding hydrogens is 380 g/mol. The van der Waals surface area contributed by atoms with E-state index >= 15 is 0 Å². The van der Waals surface area contributed by atoms with Gasteiger partial charge >= 0.3 is 0 Å². The molecule has 1 saturated carbocycles. The van der Waals surface area contributed by atoms with Crippen molar-refractivity contribution < 1.29 is 22.7 Å². The van der Waals surface area contributed by atoms with Gasteiger partial charge in [-0.3, -0.25) is 4.79 Å². The van der Waals surface area contributed by atoms with Crippen LogP contribution in [0.5, 0.6) is 11.5 Å². The molecule has 3 rings (SSSR count). The first kappa shape index (κ1) is 20.2. The number of sulfonamides is 1. The molecule has 8 heteroatoms. The predicted octanol–water partition coefficient (Wildman–Crippen LogP) is 2.85. The highest BCUT2D eigenvalue weighted by molar-refractivity contribution is 7.89. The zero-order valence-corrected chi connectivity index (χ0v) is 16.7. The molecule has 7 nitrogen and oxygen atoms in total. The average molecular weight is 404 g/mol. The van der Waals surface area contributed by atoms with Gasteiger partial charge in [-0.2, -0.15) is 0 Å². The lowest BCUT2D eigenvalue weighted by Crippen LogP contribution is -2.25. The van der Waals surface area contributed by atoms with Crippen molar-refractivity contribution in [2.24, 2.45) is 0 Å². The van der Waals surface area contributed by atoms with Gasteiger partial charge in [-0.25, -0.2) is 13.1 Å². The summed E-state index contributed by atoms with van der Waals surface area (Å²) in [6.45, 7) is 3.91. The van der Waals surface area contributed by atoms with Crippen LogP contribution in [0.1, 0.15) is 25.3 Å². The average Bonchev–Trinajstić information content (AvgIpc) is 3.46. The third-order valence-corrected chi connectivity index (χ3v) is 5.69. The lowest BCUT2D eigenvalue weighted by Gasteiger charge is -2.13. The van der Waals surface area contributed by atoms with E-state index in [1.807, 2.05) is 13.0 Å². The summed E-state index contributed by atoms with van der Waals surface area (Å²) in [5.74, 6) is 0.713. The van der Waals surface area contributed by atoms with E-state index in [-0.39, 0.29) is 23.5 Å². The highest BCUT2D eigenvalue weighted by Crippen LogP contribution is 2.26. The molecule has 0 atom stereocenters. The fourth-order valence-corrected chi connectivity index (χ4v) is 4.01. The Labute approximate surface area is 165 Å². The summed E-state index contributed by atoms with van der Waals surface area (Å²) in [5, 5.41) is 2.75. The summed E-state index contributed by atoms with van der Waals surface area (Å²) < 4.78 is 38.2. The second kappa shape index (κ2) is 8.62. The van der Waals surface area contributed by atoms with Gasteiger partial charge in [-0.1, -0.05) is 12.1 Å². The molecule has 0 saturated heterocycles. The van der Waals surface area contributed by atoms with Crippen molar-refractivity contribution in [3.8, 4) is 11.5 Å². The van der Waals surface area contributed by atoms with Crippen molar-refractivity contribution in [2.45, 2.75) is 37.6 Å². The number of anilines is 1. The predicted molar refractivity (Wildman–Crippen MR) is 106 cm³/mol. The molecule has 28 heavy (non-hydrogen) atoms. The van der Waals surface area contributed by atoms with Gasteiger partial charge in [-0.05, 0) is 62.6 Å². The van der Waals surface area contributed by atoms with Crippen LogP contribution >= 0.6 is 0 Å². The zero-order chi connectivity index (χ0) is 20.1. The number of aryl methyl sites for hydroxylation is 1. The highest BCUT2D eigenvalue weighted by atomic mass is 32.2. The summed E-state index contributed by atoms with van der Waals surface area (Å²) in [6.07, 6.45) is 1.75. The van der Waals surface area contributed by atoms with E-state index in [1.54, 1.807) is 37.3 Å². The van der Waals surface area contributed by atoms with Crippen molar-refractivity contribution in [1.82, 2.24) is 4.72 Å². The van der Waals surface area contributed by atoms with Gasteiger partial charge in [-0.15, -0.1) is 0 Å². The Morgan fingerprint density at radius 2 is 1.86 bits per heavy atom. The van der Waals surface area contributed by atoms with Gasteiger partial charge in [0.1, 0.15) is 11.5 Å². The number of benzene rings is 2. The Hall–Kier alpha value is -2.58. The molecule has 0 unspecified atom stereocenters. The Bertz CT molecular complexity index is 955. The van der Waals surface area contributed by atoms with Crippen LogP contribution in [0.25, 0.3) is 0 Å². The van der Waals surface area contributed by atoms with E-state index in [1.165, 1.54) is 6.07 Å². The third kappa shape index (κ3) is 5.24.